The van der Waals surface area contributed by atoms with E-state index in [1.165, 1.54) is 0 Å². The van der Waals surface area contributed by atoms with Crippen LogP contribution in [-0.2, 0) is 16.0 Å². The standard InChI is InChI=1S/C22H28N6O3/c23-20-18(22(29)24-14-15-4-3-11-31-15)19-21(26-17-6-2-1-5-16(17)25-19)28(20)8-7-27-9-12-30-13-10-27/h1-2,5-6,15H,3-4,7-14,23H2,(H,24,29)/t15-/m1/s1. The van der Waals surface area contributed by atoms with E-state index in [9.17, 15) is 4.79 Å². The molecule has 0 unspecified atom stereocenters. The number of benzene rings is 1. The van der Waals surface area contributed by atoms with E-state index in [0.717, 1.165) is 63.3 Å². The quantitative estimate of drug-likeness (QED) is 0.616. The van der Waals surface area contributed by atoms with Crippen LogP contribution >= 0.6 is 0 Å². The number of nitrogens with zero attached hydrogens (tertiary/aromatic N) is 4. The van der Waals surface area contributed by atoms with Crippen molar-refractivity contribution in [1.29, 1.82) is 0 Å². The maximum Gasteiger partial charge on any atom is 0.257 e. The minimum Gasteiger partial charge on any atom is -0.384 e. The molecule has 4 heterocycles. The monoisotopic (exact) mass is 424 g/mol. The van der Waals surface area contributed by atoms with E-state index in [-0.39, 0.29) is 12.0 Å². The molecule has 3 N–H and O–H groups in total. The van der Waals surface area contributed by atoms with E-state index in [1.807, 2.05) is 28.8 Å². The maximum absolute atomic E-state index is 13.1. The number of fused-ring (bicyclic) bond motifs is 2. The van der Waals surface area contributed by atoms with Crippen molar-refractivity contribution < 1.29 is 14.3 Å². The van der Waals surface area contributed by atoms with Crippen molar-refractivity contribution >= 4 is 33.9 Å². The molecular weight excluding hydrogens is 396 g/mol. The Bertz CT molecular complexity index is 1090. The Morgan fingerprint density at radius 1 is 1.13 bits per heavy atom. The number of nitrogen functional groups attached to an aromatic ring is 1. The third-order valence-electron chi connectivity index (χ3n) is 6.08. The third kappa shape index (κ3) is 4.08. The normalized spacial score (nSPS) is 19.9. The van der Waals surface area contributed by atoms with Gasteiger partial charge in [-0.05, 0) is 25.0 Å². The van der Waals surface area contributed by atoms with Crippen LogP contribution in [0.5, 0.6) is 0 Å². The van der Waals surface area contributed by atoms with E-state index in [4.69, 9.17) is 25.2 Å². The predicted octanol–water partition coefficient (Wildman–Crippen LogP) is 1.41. The summed E-state index contributed by atoms with van der Waals surface area (Å²) in [5.41, 5.74) is 9.64. The van der Waals surface area contributed by atoms with Crippen molar-refractivity contribution in [2.24, 2.45) is 0 Å². The number of para-hydroxylation sites is 2. The molecule has 2 fully saturated rings. The first-order chi connectivity index (χ1) is 15.2. The van der Waals surface area contributed by atoms with Crippen LogP contribution in [0.4, 0.5) is 5.82 Å². The number of hydrogen-bond acceptors (Lipinski definition) is 7. The highest BCUT2D eigenvalue weighted by molar-refractivity contribution is 6.10. The van der Waals surface area contributed by atoms with Crippen LogP contribution in [-0.4, -0.2) is 77.4 Å². The van der Waals surface area contributed by atoms with E-state index in [2.05, 4.69) is 10.2 Å². The second kappa shape index (κ2) is 8.78. The number of anilines is 1. The molecule has 164 valence electrons. The summed E-state index contributed by atoms with van der Waals surface area (Å²) < 4.78 is 13.0. The zero-order valence-electron chi connectivity index (χ0n) is 17.5. The summed E-state index contributed by atoms with van der Waals surface area (Å²) in [6.45, 7) is 5.93. The molecule has 9 nitrogen and oxygen atoms in total. The van der Waals surface area contributed by atoms with E-state index < -0.39 is 0 Å². The topological polar surface area (TPSA) is 108 Å². The number of ether oxygens (including phenoxy) is 2. The van der Waals surface area contributed by atoms with Crippen molar-refractivity contribution in [3.05, 3.63) is 29.8 Å². The molecule has 0 radical (unpaired) electrons. The minimum atomic E-state index is -0.229. The first kappa shape index (κ1) is 20.2. The molecule has 5 rings (SSSR count). The van der Waals surface area contributed by atoms with Crippen molar-refractivity contribution in [1.82, 2.24) is 24.8 Å². The molecule has 2 aliphatic heterocycles. The van der Waals surface area contributed by atoms with Crippen LogP contribution in [0, 0.1) is 0 Å². The van der Waals surface area contributed by atoms with Gasteiger partial charge in [-0.25, -0.2) is 9.97 Å². The average molecular weight is 425 g/mol. The van der Waals surface area contributed by atoms with E-state index >= 15 is 0 Å². The fraction of sp³-hybridized carbons (Fsp3) is 0.500. The summed E-state index contributed by atoms with van der Waals surface area (Å²) in [5.74, 6) is 0.177. The van der Waals surface area contributed by atoms with Gasteiger partial charge in [0.2, 0.25) is 0 Å². The van der Waals surface area contributed by atoms with Crippen LogP contribution in [0.15, 0.2) is 24.3 Å². The molecular formula is C22H28N6O3. The number of nitrogens with two attached hydrogens (primary N) is 1. The number of nitrogens with one attached hydrogen (secondary N) is 1. The lowest BCUT2D eigenvalue weighted by Gasteiger charge is -2.26. The summed E-state index contributed by atoms with van der Waals surface area (Å²) in [7, 11) is 0. The summed E-state index contributed by atoms with van der Waals surface area (Å²) in [4.78, 5) is 25.1. The van der Waals surface area contributed by atoms with E-state index in [0.29, 0.717) is 35.6 Å². The molecule has 2 saturated heterocycles. The van der Waals surface area contributed by atoms with Gasteiger partial charge in [0.1, 0.15) is 16.9 Å². The van der Waals surface area contributed by atoms with Gasteiger partial charge in [0.25, 0.3) is 5.91 Å². The third-order valence-corrected chi connectivity index (χ3v) is 6.08. The van der Waals surface area contributed by atoms with Crippen LogP contribution in [0.3, 0.4) is 0 Å². The zero-order chi connectivity index (χ0) is 21.2. The van der Waals surface area contributed by atoms with E-state index in [1.54, 1.807) is 0 Å². The number of rotatable bonds is 6. The number of carbonyl (C=O) groups excluding carboxylic acids is 1. The SMILES string of the molecule is Nc1c(C(=O)NC[C@H]2CCCO2)c2nc3ccccc3nc2n1CCN1CCOCC1. The van der Waals surface area contributed by atoms with Crippen LogP contribution < -0.4 is 11.1 Å². The number of amides is 1. The van der Waals surface area contributed by atoms with Gasteiger partial charge in [0.05, 0.1) is 30.4 Å². The lowest BCUT2D eigenvalue weighted by molar-refractivity contribution is 0.0366. The molecule has 1 amide bonds. The molecule has 2 aliphatic rings. The molecule has 31 heavy (non-hydrogen) atoms. The molecule has 0 saturated carbocycles. The smallest absolute Gasteiger partial charge is 0.257 e. The van der Waals surface area contributed by atoms with Crippen molar-refractivity contribution in [2.45, 2.75) is 25.5 Å². The molecule has 0 bridgehead atoms. The second-order valence-corrected chi connectivity index (χ2v) is 8.10. The first-order valence-electron chi connectivity index (χ1n) is 10.9. The Hall–Kier alpha value is -2.75. The minimum absolute atomic E-state index is 0.0618. The van der Waals surface area contributed by atoms with Gasteiger partial charge in [0, 0.05) is 39.3 Å². The summed E-state index contributed by atoms with van der Waals surface area (Å²) in [5, 5.41) is 2.99. The summed E-state index contributed by atoms with van der Waals surface area (Å²) >= 11 is 0. The van der Waals surface area contributed by atoms with Crippen molar-refractivity contribution in [2.75, 3.05) is 51.7 Å². The summed E-state index contributed by atoms with van der Waals surface area (Å²) in [6.07, 6.45) is 2.05. The Morgan fingerprint density at radius 2 is 1.90 bits per heavy atom. The highest BCUT2D eigenvalue weighted by Crippen LogP contribution is 2.28. The van der Waals surface area contributed by atoms with Gasteiger partial charge in [-0.2, -0.15) is 0 Å². The molecule has 9 heteroatoms. The summed E-state index contributed by atoms with van der Waals surface area (Å²) in [6, 6.07) is 7.67. The molecule has 2 aromatic heterocycles. The van der Waals surface area contributed by atoms with Crippen molar-refractivity contribution in [3.8, 4) is 0 Å². The molecule has 0 aliphatic carbocycles. The van der Waals surface area contributed by atoms with Gasteiger partial charge in [-0.1, -0.05) is 12.1 Å². The number of hydrogen-bond donors (Lipinski definition) is 2. The molecule has 0 spiro atoms. The molecule has 1 atom stereocenters. The first-order valence-corrected chi connectivity index (χ1v) is 10.9. The molecule has 1 aromatic carbocycles. The van der Waals surface area contributed by atoms with Crippen LogP contribution in [0.1, 0.15) is 23.2 Å². The highest BCUT2D eigenvalue weighted by atomic mass is 16.5. The van der Waals surface area contributed by atoms with Gasteiger partial charge < -0.3 is 25.1 Å². The van der Waals surface area contributed by atoms with Gasteiger partial charge in [0.15, 0.2) is 5.65 Å². The lowest BCUT2D eigenvalue weighted by Crippen LogP contribution is -2.38. The Morgan fingerprint density at radius 3 is 2.65 bits per heavy atom. The average Bonchev–Trinajstić information content (AvgIpc) is 3.41. The van der Waals surface area contributed by atoms with Crippen molar-refractivity contribution in [3.63, 3.8) is 0 Å². The fourth-order valence-electron chi connectivity index (χ4n) is 4.33. The van der Waals surface area contributed by atoms with Gasteiger partial charge in [-0.15, -0.1) is 0 Å². The Kier molecular flexibility index (Phi) is 5.71. The zero-order valence-corrected chi connectivity index (χ0v) is 17.5. The molecule has 3 aromatic rings. The Labute approximate surface area is 180 Å². The maximum atomic E-state index is 13.1. The number of carbonyl (C=O) groups is 1. The van der Waals surface area contributed by atoms with Crippen LogP contribution in [0.25, 0.3) is 22.2 Å². The van der Waals surface area contributed by atoms with Crippen LogP contribution in [0.2, 0.25) is 0 Å². The Balaban J connectivity index is 1.49. The second-order valence-electron chi connectivity index (χ2n) is 8.10. The fourth-order valence-corrected chi connectivity index (χ4v) is 4.33. The lowest BCUT2D eigenvalue weighted by atomic mass is 10.2. The highest BCUT2D eigenvalue weighted by Gasteiger charge is 2.25. The largest absolute Gasteiger partial charge is 0.384 e. The number of aromatic nitrogens is 3. The number of morpholine rings is 1. The van der Waals surface area contributed by atoms with Gasteiger partial charge >= 0.3 is 0 Å². The predicted molar refractivity (Wildman–Crippen MR) is 118 cm³/mol. The van der Waals surface area contributed by atoms with Gasteiger partial charge in [-0.3, -0.25) is 9.69 Å².